The van der Waals surface area contributed by atoms with Gasteiger partial charge in [0.25, 0.3) is 16.3 Å². The number of rotatable bonds is 2. The highest BCUT2D eigenvalue weighted by atomic mass is 35.5. The summed E-state index contributed by atoms with van der Waals surface area (Å²) in [5.74, 6) is -0.491. The van der Waals surface area contributed by atoms with Crippen LogP contribution in [0.15, 0.2) is 29.2 Å². The molecule has 0 aromatic heterocycles. The van der Waals surface area contributed by atoms with E-state index in [4.69, 9.17) is 4.55 Å². The molecule has 1 rings (SSSR count). The van der Waals surface area contributed by atoms with Gasteiger partial charge in [-0.05, 0) is 12.1 Å². The lowest BCUT2D eigenvalue weighted by Crippen LogP contribution is -2.27. The first kappa shape index (κ1) is 13.7. The molecule has 0 aliphatic rings. The zero-order chi connectivity index (χ0) is 10.8. The quantitative estimate of drug-likeness (QED) is 0.418. The maximum Gasteiger partial charge on any atom is 0.296 e. The Morgan fingerprint density at radius 1 is 1.33 bits per heavy atom. The number of ether oxygens (including phenoxy) is 1. The highest BCUT2D eigenvalue weighted by Gasteiger charge is 2.13. The summed E-state index contributed by atoms with van der Waals surface area (Å²) >= 11 is 0. The van der Waals surface area contributed by atoms with Gasteiger partial charge in [-0.2, -0.15) is 8.42 Å². The van der Waals surface area contributed by atoms with Crippen molar-refractivity contribution < 1.29 is 40.0 Å². The fraction of sp³-hybridized carbons (Fsp3) is 0. The van der Waals surface area contributed by atoms with Crippen LogP contribution in [0.5, 0.6) is 5.75 Å². The van der Waals surface area contributed by atoms with Crippen LogP contribution < -0.4 is 9.84 Å². The number of carbonyl (C=O) groups is 1. The van der Waals surface area contributed by atoms with Crippen LogP contribution in [0.1, 0.15) is 0 Å². The topological polar surface area (TPSA) is 104 Å². The molecule has 1 aromatic rings. The van der Waals surface area contributed by atoms with Crippen molar-refractivity contribution in [1.82, 2.24) is 0 Å². The second-order valence-electron chi connectivity index (χ2n) is 2.27. The molecule has 15 heavy (non-hydrogen) atoms. The summed E-state index contributed by atoms with van der Waals surface area (Å²) in [4.78, 5) is 9.42. The van der Waals surface area contributed by atoms with Crippen LogP contribution in [0.4, 0.5) is 4.79 Å². The fourth-order valence-electron chi connectivity index (χ4n) is 0.837. The van der Waals surface area contributed by atoms with Gasteiger partial charge in [0.05, 0.1) is 18.2 Å². The van der Waals surface area contributed by atoms with Crippen molar-refractivity contribution in [2.45, 2.75) is 4.90 Å². The van der Waals surface area contributed by atoms with E-state index in [2.05, 4.69) is 4.74 Å². The molecule has 0 unspecified atom stereocenters. The Morgan fingerprint density at radius 3 is 2.33 bits per heavy atom. The van der Waals surface area contributed by atoms with Crippen LogP contribution in [0, 0.1) is 12.4 Å². The van der Waals surface area contributed by atoms with Gasteiger partial charge in [0.2, 0.25) is 0 Å². The van der Waals surface area contributed by atoms with Gasteiger partial charge in [-0.25, -0.2) is 0 Å². The lowest BCUT2D eigenvalue weighted by molar-refractivity contribution is -0.271. The molecule has 0 amide bonds. The number of hydrogen-bond acceptors (Lipinski definition) is 5. The number of hydrogen-bond donors (Lipinski definition) is 1. The van der Waals surface area contributed by atoms with Crippen LogP contribution in [0.2, 0.25) is 0 Å². The molecule has 0 radical (unpaired) electrons. The Hall–Kier alpha value is -1.31. The van der Waals surface area contributed by atoms with Crippen molar-refractivity contribution in [3.05, 3.63) is 24.3 Å². The number of benzene rings is 1. The lowest BCUT2D eigenvalue weighted by atomic mass is 10.3. The third-order valence-corrected chi connectivity index (χ3v) is 2.21. The SMILES string of the molecule is O=C([O-])Oc1ccccc1S(=O)(=O)O.[ClH2+]. The third kappa shape index (κ3) is 3.74. The maximum absolute atomic E-state index is 10.7. The van der Waals surface area contributed by atoms with E-state index in [1.54, 1.807) is 0 Å². The third-order valence-electron chi connectivity index (χ3n) is 1.32. The molecular weight excluding hydrogens is 248 g/mol. The fourth-order valence-corrected chi connectivity index (χ4v) is 1.45. The van der Waals surface area contributed by atoms with Gasteiger partial charge in [-0.3, -0.25) is 4.55 Å². The molecule has 0 heterocycles. The van der Waals surface area contributed by atoms with E-state index >= 15 is 0 Å². The smallest absolute Gasteiger partial charge is 0.296 e. The van der Waals surface area contributed by atoms with E-state index in [0.29, 0.717) is 0 Å². The first-order valence-electron chi connectivity index (χ1n) is 3.36. The first-order chi connectivity index (χ1) is 6.41. The van der Waals surface area contributed by atoms with Gasteiger partial charge in [-0.1, -0.05) is 12.1 Å². The van der Waals surface area contributed by atoms with E-state index in [1.807, 2.05) is 0 Å². The second kappa shape index (κ2) is 4.96. The van der Waals surface area contributed by atoms with Gasteiger partial charge in [0.15, 0.2) is 0 Å². The molecule has 0 bridgehead atoms. The Bertz CT molecular complexity index is 454. The van der Waals surface area contributed by atoms with E-state index in [1.165, 1.54) is 12.1 Å². The van der Waals surface area contributed by atoms with Gasteiger partial charge in [0.1, 0.15) is 4.90 Å². The van der Waals surface area contributed by atoms with Crippen molar-refractivity contribution in [1.29, 1.82) is 0 Å². The van der Waals surface area contributed by atoms with Crippen molar-refractivity contribution in [3.8, 4) is 5.75 Å². The van der Waals surface area contributed by atoms with E-state index < -0.39 is 26.9 Å². The molecule has 0 fully saturated rings. The molecule has 0 saturated heterocycles. The standard InChI is InChI=1S/C7H6O6S.ClH2/c8-7(9)13-5-3-1-2-4-6(5)14(10,11)12;/h1-4H,(H,8,9)(H,10,11,12);1H2/q;+1/p-1. The summed E-state index contributed by atoms with van der Waals surface area (Å²) in [6.07, 6.45) is -1.90. The first-order valence-corrected chi connectivity index (χ1v) is 4.80. The van der Waals surface area contributed by atoms with Crippen molar-refractivity contribution in [3.63, 3.8) is 0 Å². The molecule has 6 nitrogen and oxygen atoms in total. The average molecular weight is 255 g/mol. The van der Waals surface area contributed by atoms with Gasteiger partial charge in [-0.15, -0.1) is 0 Å². The average Bonchev–Trinajstić information content (AvgIpc) is 2.01. The molecule has 1 aromatic carbocycles. The molecule has 0 aliphatic heterocycles. The normalized spacial score (nSPS) is 10.2. The Labute approximate surface area is 91.6 Å². The van der Waals surface area contributed by atoms with E-state index in [9.17, 15) is 18.3 Å². The maximum atomic E-state index is 10.7. The van der Waals surface area contributed by atoms with Gasteiger partial charge >= 0.3 is 0 Å². The molecule has 8 heteroatoms. The minimum atomic E-state index is -4.50. The Morgan fingerprint density at radius 2 is 1.87 bits per heavy atom. The minimum Gasteiger partial charge on any atom is -0.513 e. The lowest BCUT2D eigenvalue weighted by Gasteiger charge is -2.10. The number of halogens is 1. The van der Waals surface area contributed by atoms with Crippen molar-refractivity contribution in [2.75, 3.05) is 0 Å². The monoisotopic (exact) mass is 254 g/mol. The summed E-state index contributed by atoms with van der Waals surface area (Å²) in [5, 5.41) is 10.0. The molecule has 0 aliphatic carbocycles. The van der Waals surface area contributed by atoms with Crippen LogP contribution in [-0.4, -0.2) is 19.1 Å². The summed E-state index contributed by atoms with van der Waals surface area (Å²) in [7, 11) is -4.50. The van der Waals surface area contributed by atoms with Crippen LogP contribution in [-0.2, 0) is 10.1 Å². The summed E-state index contributed by atoms with van der Waals surface area (Å²) in [6, 6.07) is 4.75. The number of carbonyl (C=O) groups excluding carboxylic acids is 1. The highest BCUT2D eigenvalue weighted by molar-refractivity contribution is 7.86. The predicted octanol–water partition coefficient (Wildman–Crippen LogP) is -0.880. The molecule has 84 valence electrons. The zero-order valence-electron chi connectivity index (χ0n) is 7.15. The van der Waals surface area contributed by atoms with Crippen molar-refractivity contribution in [2.24, 2.45) is 0 Å². The summed E-state index contributed by atoms with van der Waals surface area (Å²) in [6.45, 7) is 0. The van der Waals surface area contributed by atoms with Gasteiger partial charge < -0.3 is 14.6 Å². The van der Waals surface area contributed by atoms with Gasteiger partial charge in [0, 0.05) is 0 Å². The van der Waals surface area contributed by atoms with Crippen molar-refractivity contribution >= 4 is 16.3 Å². The number of para-hydroxylation sites is 1. The highest BCUT2D eigenvalue weighted by Crippen LogP contribution is 2.22. The molecule has 0 atom stereocenters. The van der Waals surface area contributed by atoms with Crippen LogP contribution >= 0.6 is 0 Å². The summed E-state index contributed by atoms with van der Waals surface area (Å²) in [5.41, 5.74) is 0. The molecule has 0 spiro atoms. The largest absolute Gasteiger partial charge is 0.513 e. The molecular formula is C7H7ClO6S. The molecule has 1 N–H and O–H groups in total. The minimum absolute atomic E-state index is 0. The van der Waals surface area contributed by atoms with Crippen LogP contribution in [0.25, 0.3) is 0 Å². The Balaban J connectivity index is 0.00000196. The predicted molar refractivity (Wildman–Crippen MR) is 45.1 cm³/mol. The second-order valence-corrected chi connectivity index (χ2v) is 3.66. The zero-order valence-corrected chi connectivity index (χ0v) is 8.86. The van der Waals surface area contributed by atoms with E-state index in [-0.39, 0.29) is 12.4 Å². The van der Waals surface area contributed by atoms with E-state index in [0.717, 1.165) is 12.1 Å². The number of carboxylic acid groups (broad SMARTS) is 1. The molecule has 0 saturated carbocycles. The summed E-state index contributed by atoms with van der Waals surface area (Å²) < 4.78 is 34.1. The van der Waals surface area contributed by atoms with Crippen LogP contribution in [0.3, 0.4) is 0 Å². The Kier molecular flexibility index (Phi) is 4.53.